The van der Waals surface area contributed by atoms with Crippen molar-refractivity contribution in [2.75, 3.05) is 11.1 Å². The van der Waals surface area contributed by atoms with Crippen LogP contribution in [0, 0.1) is 5.82 Å². The number of benzene rings is 2. The molecule has 0 bridgehead atoms. The van der Waals surface area contributed by atoms with E-state index >= 15 is 0 Å². The fourth-order valence-corrected chi connectivity index (χ4v) is 3.73. The maximum atomic E-state index is 13.1. The summed E-state index contributed by atoms with van der Waals surface area (Å²) in [5, 5.41) is 5.28. The molecule has 1 N–H and O–H groups in total. The van der Waals surface area contributed by atoms with Gasteiger partial charge in [0.2, 0.25) is 5.91 Å². The van der Waals surface area contributed by atoms with Gasteiger partial charge in [0.25, 0.3) is 0 Å². The third-order valence-corrected chi connectivity index (χ3v) is 5.33. The Bertz CT molecular complexity index is 852. The number of amides is 1. The quantitative estimate of drug-likeness (QED) is 0.610. The van der Waals surface area contributed by atoms with Crippen molar-refractivity contribution >= 4 is 46.3 Å². The Morgan fingerprint density at radius 1 is 1.25 bits per heavy atom. The van der Waals surface area contributed by atoms with Gasteiger partial charge in [-0.15, -0.1) is 11.3 Å². The Hall–Kier alpha value is -1.89. The number of nitrogens with zero attached hydrogens (tertiary/aromatic N) is 1. The van der Waals surface area contributed by atoms with Crippen LogP contribution >= 0.6 is 34.7 Å². The van der Waals surface area contributed by atoms with E-state index in [4.69, 9.17) is 11.6 Å². The highest BCUT2D eigenvalue weighted by Gasteiger charge is 2.09. The number of thiazole rings is 1. The molecule has 0 aliphatic rings. The first-order valence-corrected chi connectivity index (χ1v) is 9.24. The standard InChI is InChI=1S/C17H12ClFN2OS2/c18-12-6-4-11(5-7-12)15-9-23-17(21-15)24-10-16(22)20-14-3-1-2-13(19)8-14/h1-9H,10H2,(H,20,22). The summed E-state index contributed by atoms with van der Waals surface area (Å²) in [5.41, 5.74) is 2.28. The maximum absolute atomic E-state index is 13.1. The largest absolute Gasteiger partial charge is 0.325 e. The summed E-state index contributed by atoms with van der Waals surface area (Å²) in [5.74, 6) is -0.369. The molecule has 0 atom stereocenters. The molecule has 0 aliphatic heterocycles. The number of rotatable bonds is 5. The highest BCUT2D eigenvalue weighted by molar-refractivity contribution is 8.01. The van der Waals surface area contributed by atoms with E-state index in [0.717, 1.165) is 15.6 Å². The van der Waals surface area contributed by atoms with Gasteiger partial charge < -0.3 is 5.32 Å². The van der Waals surface area contributed by atoms with E-state index in [9.17, 15) is 9.18 Å². The van der Waals surface area contributed by atoms with Gasteiger partial charge >= 0.3 is 0 Å². The second-order valence-electron chi connectivity index (χ2n) is 4.85. The van der Waals surface area contributed by atoms with E-state index in [1.165, 1.54) is 35.2 Å². The lowest BCUT2D eigenvalue weighted by atomic mass is 10.2. The molecule has 3 rings (SSSR count). The van der Waals surface area contributed by atoms with E-state index in [1.54, 1.807) is 12.1 Å². The Kier molecular flexibility index (Phi) is 5.50. The van der Waals surface area contributed by atoms with Crippen LogP contribution in [-0.4, -0.2) is 16.6 Å². The molecule has 0 radical (unpaired) electrons. The van der Waals surface area contributed by atoms with Crippen LogP contribution in [0.3, 0.4) is 0 Å². The molecule has 0 fully saturated rings. The smallest absolute Gasteiger partial charge is 0.234 e. The van der Waals surface area contributed by atoms with Gasteiger partial charge in [-0.1, -0.05) is 41.6 Å². The van der Waals surface area contributed by atoms with Crippen LogP contribution < -0.4 is 5.32 Å². The van der Waals surface area contributed by atoms with Gasteiger partial charge in [0, 0.05) is 21.7 Å². The normalized spacial score (nSPS) is 10.6. The van der Waals surface area contributed by atoms with Crippen LogP contribution in [-0.2, 0) is 4.79 Å². The molecule has 0 aliphatic carbocycles. The van der Waals surface area contributed by atoms with E-state index < -0.39 is 0 Å². The fourth-order valence-electron chi connectivity index (χ4n) is 1.97. The third-order valence-electron chi connectivity index (χ3n) is 3.06. The Morgan fingerprint density at radius 2 is 2.04 bits per heavy atom. The van der Waals surface area contributed by atoms with Crippen molar-refractivity contribution in [1.29, 1.82) is 0 Å². The minimum atomic E-state index is -0.381. The molecule has 122 valence electrons. The number of hydrogen-bond acceptors (Lipinski definition) is 4. The van der Waals surface area contributed by atoms with Crippen LogP contribution in [0.1, 0.15) is 0 Å². The lowest BCUT2D eigenvalue weighted by molar-refractivity contribution is -0.113. The maximum Gasteiger partial charge on any atom is 0.234 e. The first-order chi connectivity index (χ1) is 11.6. The van der Waals surface area contributed by atoms with Gasteiger partial charge in [-0.25, -0.2) is 9.37 Å². The fraction of sp³-hybridized carbons (Fsp3) is 0.0588. The van der Waals surface area contributed by atoms with Crippen molar-refractivity contribution in [3.63, 3.8) is 0 Å². The second-order valence-corrected chi connectivity index (χ2v) is 7.37. The molecule has 3 aromatic rings. The molecule has 1 heterocycles. The lowest BCUT2D eigenvalue weighted by Gasteiger charge is -2.03. The Balaban J connectivity index is 1.57. The molecule has 0 saturated heterocycles. The summed E-state index contributed by atoms with van der Waals surface area (Å²) in [6.07, 6.45) is 0. The van der Waals surface area contributed by atoms with Crippen LogP contribution in [0.15, 0.2) is 58.3 Å². The minimum absolute atomic E-state index is 0.200. The van der Waals surface area contributed by atoms with Gasteiger partial charge in [-0.05, 0) is 30.3 Å². The number of halogens is 2. The van der Waals surface area contributed by atoms with E-state index in [0.29, 0.717) is 10.7 Å². The Morgan fingerprint density at radius 3 is 2.79 bits per heavy atom. The third kappa shape index (κ3) is 4.56. The van der Waals surface area contributed by atoms with Crippen molar-refractivity contribution in [3.8, 4) is 11.3 Å². The number of carbonyl (C=O) groups excluding carboxylic acids is 1. The number of aromatic nitrogens is 1. The number of hydrogen-bond donors (Lipinski definition) is 1. The van der Waals surface area contributed by atoms with Gasteiger partial charge in [-0.2, -0.15) is 0 Å². The van der Waals surface area contributed by atoms with Crippen LogP contribution in [0.25, 0.3) is 11.3 Å². The molecule has 0 spiro atoms. The first-order valence-electron chi connectivity index (χ1n) is 7.00. The highest BCUT2D eigenvalue weighted by Crippen LogP contribution is 2.29. The summed E-state index contributed by atoms with van der Waals surface area (Å²) in [6, 6.07) is 13.3. The van der Waals surface area contributed by atoms with E-state index in [2.05, 4.69) is 10.3 Å². The van der Waals surface area contributed by atoms with Gasteiger partial charge in [0.05, 0.1) is 11.4 Å². The molecule has 2 aromatic carbocycles. The molecular formula is C17H12ClFN2OS2. The number of nitrogens with one attached hydrogen (secondary N) is 1. The molecule has 1 aromatic heterocycles. The lowest BCUT2D eigenvalue weighted by Crippen LogP contribution is -2.13. The van der Waals surface area contributed by atoms with Crippen LogP contribution in [0.4, 0.5) is 10.1 Å². The molecule has 1 amide bonds. The number of thioether (sulfide) groups is 1. The summed E-state index contributed by atoms with van der Waals surface area (Å²) in [6.45, 7) is 0. The van der Waals surface area contributed by atoms with Crippen LogP contribution in [0.2, 0.25) is 5.02 Å². The molecule has 0 unspecified atom stereocenters. The Labute approximate surface area is 151 Å². The number of anilines is 1. The van der Waals surface area contributed by atoms with Crippen molar-refractivity contribution in [1.82, 2.24) is 4.98 Å². The van der Waals surface area contributed by atoms with Gasteiger partial charge in [-0.3, -0.25) is 4.79 Å². The van der Waals surface area contributed by atoms with Gasteiger partial charge in [0.15, 0.2) is 4.34 Å². The summed E-state index contributed by atoms with van der Waals surface area (Å²) < 4.78 is 13.9. The van der Waals surface area contributed by atoms with Crippen molar-refractivity contribution in [2.45, 2.75) is 4.34 Å². The summed E-state index contributed by atoms with van der Waals surface area (Å²) in [7, 11) is 0. The average molecular weight is 379 g/mol. The zero-order valence-corrected chi connectivity index (χ0v) is 14.7. The monoisotopic (exact) mass is 378 g/mol. The topological polar surface area (TPSA) is 42.0 Å². The van der Waals surface area contributed by atoms with Crippen molar-refractivity contribution < 1.29 is 9.18 Å². The average Bonchev–Trinajstić information content (AvgIpc) is 3.03. The minimum Gasteiger partial charge on any atom is -0.325 e. The summed E-state index contributed by atoms with van der Waals surface area (Å²) in [4.78, 5) is 16.4. The SMILES string of the molecule is O=C(CSc1nc(-c2ccc(Cl)cc2)cs1)Nc1cccc(F)c1. The van der Waals surface area contributed by atoms with Crippen LogP contribution in [0.5, 0.6) is 0 Å². The predicted octanol–water partition coefficient (Wildman–Crippen LogP) is 5.33. The summed E-state index contributed by atoms with van der Waals surface area (Å²) >= 11 is 8.70. The van der Waals surface area contributed by atoms with Crippen molar-refractivity contribution in [3.05, 3.63) is 64.8 Å². The van der Waals surface area contributed by atoms with E-state index in [1.807, 2.05) is 29.6 Å². The molecule has 3 nitrogen and oxygen atoms in total. The molecule has 24 heavy (non-hydrogen) atoms. The zero-order valence-electron chi connectivity index (χ0n) is 12.3. The highest BCUT2D eigenvalue weighted by atomic mass is 35.5. The van der Waals surface area contributed by atoms with E-state index in [-0.39, 0.29) is 17.5 Å². The predicted molar refractivity (Wildman–Crippen MR) is 98.3 cm³/mol. The van der Waals surface area contributed by atoms with Gasteiger partial charge in [0.1, 0.15) is 5.82 Å². The number of carbonyl (C=O) groups is 1. The molecule has 0 saturated carbocycles. The zero-order chi connectivity index (χ0) is 16.9. The molecule has 7 heteroatoms. The first kappa shape index (κ1) is 17.0. The second kappa shape index (κ2) is 7.79. The van der Waals surface area contributed by atoms with Crippen molar-refractivity contribution in [2.24, 2.45) is 0 Å². The molecular weight excluding hydrogens is 367 g/mol.